The maximum atomic E-state index is 12.3. The van der Waals surface area contributed by atoms with Crippen molar-refractivity contribution in [2.75, 3.05) is 12.1 Å². The van der Waals surface area contributed by atoms with E-state index in [-0.39, 0.29) is 6.79 Å². The minimum atomic E-state index is -0.956. The molecular formula is C21H18N2O5. The highest BCUT2D eigenvalue weighted by Gasteiger charge is 2.20. The van der Waals surface area contributed by atoms with E-state index in [0.717, 1.165) is 5.69 Å². The van der Waals surface area contributed by atoms with Gasteiger partial charge >= 0.3 is 5.97 Å². The molecule has 0 saturated carbocycles. The van der Waals surface area contributed by atoms with Crippen molar-refractivity contribution in [2.24, 2.45) is 0 Å². The Bertz CT molecular complexity index is 996. The number of carbonyl (C=O) groups excluding carboxylic acids is 2. The Balaban J connectivity index is 1.36. The lowest BCUT2D eigenvalue weighted by Crippen LogP contribution is -2.30. The average Bonchev–Trinajstić information content (AvgIpc) is 3.39. The van der Waals surface area contributed by atoms with Crippen LogP contribution in [0.3, 0.4) is 0 Å². The summed E-state index contributed by atoms with van der Waals surface area (Å²) in [6.07, 6.45) is 2.87. The molecule has 0 spiro atoms. The molecule has 0 saturated heterocycles. The summed E-state index contributed by atoms with van der Waals surface area (Å²) in [6, 6.07) is 15.9. The number of hydrogen-bond donors (Lipinski definition) is 1. The number of anilines is 1. The van der Waals surface area contributed by atoms with Crippen molar-refractivity contribution in [3.8, 4) is 17.2 Å². The number of carbonyl (C=O) groups is 2. The molecule has 3 aromatic rings. The van der Waals surface area contributed by atoms with Crippen LogP contribution < -0.4 is 14.8 Å². The van der Waals surface area contributed by atoms with Crippen LogP contribution in [0.15, 0.2) is 67.0 Å². The SMILES string of the molecule is CC(OC(=O)c1ccc(-n2cccc2)cc1)C(=O)Nc1ccc2c(c1)OCO2. The lowest BCUT2D eigenvalue weighted by Gasteiger charge is -2.14. The van der Waals surface area contributed by atoms with Crippen molar-refractivity contribution in [3.05, 3.63) is 72.6 Å². The number of aromatic nitrogens is 1. The van der Waals surface area contributed by atoms with E-state index in [2.05, 4.69) is 5.32 Å². The number of rotatable bonds is 5. The first-order valence-electron chi connectivity index (χ1n) is 8.75. The van der Waals surface area contributed by atoms with Crippen molar-refractivity contribution in [1.29, 1.82) is 0 Å². The lowest BCUT2D eigenvalue weighted by atomic mass is 10.2. The van der Waals surface area contributed by atoms with Crippen LogP contribution >= 0.6 is 0 Å². The van der Waals surface area contributed by atoms with E-state index in [0.29, 0.717) is 22.7 Å². The van der Waals surface area contributed by atoms with E-state index in [4.69, 9.17) is 14.2 Å². The van der Waals surface area contributed by atoms with Gasteiger partial charge in [0, 0.05) is 29.8 Å². The van der Waals surface area contributed by atoms with Crippen molar-refractivity contribution in [2.45, 2.75) is 13.0 Å². The second kappa shape index (κ2) is 7.48. The lowest BCUT2D eigenvalue weighted by molar-refractivity contribution is -0.123. The van der Waals surface area contributed by atoms with Gasteiger partial charge in [0.1, 0.15) is 0 Å². The van der Waals surface area contributed by atoms with Gasteiger partial charge in [0.25, 0.3) is 5.91 Å². The predicted octanol–water partition coefficient (Wildman–Crippen LogP) is 3.39. The zero-order valence-electron chi connectivity index (χ0n) is 15.1. The first-order chi connectivity index (χ1) is 13.6. The number of amides is 1. The van der Waals surface area contributed by atoms with Crippen LogP contribution in [0.1, 0.15) is 17.3 Å². The smallest absolute Gasteiger partial charge is 0.338 e. The monoisotopic (exact) mass is 378 g/mol. The molecule has 1 aliphatic rings. The number of fused-ring (bicyclic) bond motifs is 1. The molecule has 1 aromatic heterocycles. The van der Waals surface area contributed by atoms with E-state index in [9.17, 15) is 9.59 Å². The van der Waals surface area contributed by atoms with Gasteiger partial charge in [-0.15, -0.1) is 0 Å². The summed E-state index contributed by atoms with van der Waals surface area (Å²) in [5.41, 5.74) is 1.84. The standard InChI is InChI=1S/C21H18N2O5/c1-14(20(24)22-16-6-9-18-19(12-16)27-13-26-18)28-21(25)15-4-7-17(8-5-15)23-10-2-3-11-23/h2-12,14H,13H2,1H3,(H,22,24). The van der Waals surface area contributed by atoms with E-state index in [1.165, 1.54) is 6.92 Å². The Hall–Kier alpha value is -3.74. The Morgan fingerprint density at radius 3 is 2.50 bits per heavy atom. The van der Waals surface area contributed by atoms with Crippen LogP contribution in [0.4, 0.5) is 5.69 Å². The number of ether oxygens (including phenoxy) is 3. The molecule has 1 aliphatic heterocycles. The van der Waals surface area contributed by atoms with E-state index >= 15 is 0 Å². The van der Waals surface area contributed by atoms with Crippen molar-refractivity contribution in [3.63, 3.8) is 0 Å². The highest BCUT2D eigenvalue weighted by atomic mass is 16.7. The third-order valence-corrected chi connectivity index (χ3v) is 4.30. The summed E-state index contributed by atoms with van der Waals surface area (Å²) in [5, 5.41) is 2.70. The summed E-state index contributed by atoms with van der Waals surface area (Å²) in [5.74, 6) is 0.189. The van der Waals surface area contributed by atoms with Gasteiger partial charge in [0.2, 0.25) is 6.79 Å². The molecule has 1 amide bonds. The molecule has 0 bridgehead atoms. The van der Waals surface area contributed by atoms with Gasteiger partial charge in [-0.2, -0.15) is 0 Å². The molecule has 2 heterocycles. The normalized spacial score (nSPS) is 13.0. The molecule has 28 heavy (non-hydrogen) atoms. The Kier molecular flexibility index (Phi) is 4.72. The molecule has 4 rings (SSSR count). The minimum absolute atomic E-state index is 0.157. The molecular weight excluding hydrogens is 360 g/mol. The van der Waals surface area contributed by atoms with Gasteiger partial charge < -0.3 is 24.1 Å². The van der Waals surface area contributed by atoms with Crippen molar-refractivity contribution in [1.82, 2.24) is 4.57 Å². The second-order valence-electron chi connectivity index (χ2n) is 6.24. The van der Waals surface area contributed by atoms with Crippen LogP contribution in [0.25, 0.3) is 5.69 Å². The zero-order chi connectivity index (χ0) is 19.5. The molecule has 0 fully saturated rings. The molecule has 1 atom stereocenters. The van der Waals surface area contributed by atoms with Gasteiger partial charge in [-0.25, -0.2) is 4.79 Å². The van der Waals surface area contributed by atoms with Gasteiger partial charge in [-0.1, -0.05) is 0 Å². The Labute approximate surface area is 161 Å². The van der Waals surface area contributed by atoms with Crippen molar-refractivity contribution >= 4 is 17.6 Å². The predicted molar refractivity (Wildman–Crippen MR) is 102 cm³/mol. The van der Waals surface area contributed by atoms with E-state index < -0.39 is 18.0 Å². The number of nitrogens with zero attached hydrogens (tertiary/aromatic N) is 1. The molecule has 7 nitrogen and oxygen atoms in total. The molecule has 0 radical (unpaired) electrons. The third kappa shape index (κ3) is 3.68. The maximum absolute atomic E-state index is 12.3. The fourth-order valence-electron chi connectivity index (χ4n) is 2.78. The summed E-state index contributed by atoms with van der Waals surface area (Å²) >= 11 is 0. The Morgan fingerprint density at radius 1 is 1.04 bits per heavy atom. The van der Waals surface area contributed by atoms with Crippen LogP contribution in [-0.2, 0) is 9.53 Å². The largest absolute Gasteiger partial charge is 0.454 e. The average molecular weight is 378 g/mol. The van der Waals surface area contributed by atoms with Crippen molar-refractivity contribution < 1.29 is 23.8 Å². The number of nitrogens with one attached hydrogen (secondary N) is 1. The van der Waals surface area contributed by atoms with Crippen LogP contribution in [0.5, 0.6) is 11.5 Å². The number of hydrogen-bond acceptors (Lipinski definition) is 5. The van der Waals surface area contributed by atoms with Crippen LogP contribution in [0.2, 0.25) is 0 Å². The molecule has 1 N–H and O–H groups in total. The molecule has 2 aromatic carbocycles. The number of benzene rings is 2. The summed E-state index contributed by atoms with van der Waals surface area (Å²) < 4.78 is 17.7. The van der Waals surface area contributed by atoms with Gasteiger partial charge in [0.15, 0.2) is 17.6 Å². The van der Waals surface area contributed by atoms with Gasteiger partial charge in [0.05, 0.1) is 5.56 Å². The molecule has 1 unspecified atom stereocenters. The summed E-state index contributed by atoms with van der Waals surface area (Å²) in [4.78, 5) is 24.6. The highest BCUT2D eigenvalue weighted by Crippen LogP contribution is 2.34. The molecule has 142 valence electrons. The fraction of sp³-hybridized carbons (Fsp3) is 0.143. The molecule has 7 heteroatoms. The summed E-state index contributed by atoms with van der Waals surface area (Å²) in [6.45, 7) is 1.68. The van der Waals surface area contributed by atoms with E-state index in [1.807, 2.05) is 41.2 Å². The van der Waals surface area contributed by atoms with Gasteiger partial charge in [-0.3, -0.25) is 4.79 Å². The zero-order valence-corrected chi connectivity index (χ0v) is 15.1. The third-order valence-electron chi connectivity index (χ3n) is 4.30. The topological polar surface area (TPSA) is 78.8 Å². The Morgan fingerprint density at radius 2 is 1.75 bits per heavy atom. The first-order valence-corrected chi connectivity index (χ1v) is 8.75. The van der Waals surface area contributed by atoms with Gasteiger partial charge in [-0.05, 0) is 55.5 Å². The van der Waals surface area contributed by atoms with Crippen LogP contribution in [-0.4, -0.2) is 29.3 Å². The quantitative estimate of drug-likeness (QED) is 0.689. The highest BCUT2D eigenvalue weighted by molar-refractivity contribution is 5.97. The minimum Gasteiger partial charge on any atom is -0.454 e. The second-order valence-corrected chi connectivity index (χ2v) is 6.24. The molecule has 0 aliphatic carbocycles. The van der Waals surface area contributed by atoms with E-state index in [1.54, 1.807) is 30.3 Å². The van der Waals surface area contributed by atoms with Crippen LogP contribution in [0, 0.1) is 0 Å². The number of esters is 1. The fourth-order valence-corrected chi connectivity index (χ4v) is 2.78. The summed E-state index contributed by atoms with van der Waals surface area (Å²) in [7, 11) is 0. The maximum Gasteiger partial charge on any atom is 0.338 e. The first kappa shape index (κ1) is 17.7.